The van der Waals surface area contributed by atoms with Gasteiger partial charge in [-0.1, -0.05) is 6.92 Å². The molecule has 0 aliphatic rings. The van der Waals surface area contributed by atoms with Crippen LogP contribution in [-0.4, -0.2) is 23.7 Å². The largest absolute Gasteiger partial charge is 0.352 e. The number of pyridine rings is 1. The van der Waals surface area contributed by atoms with Gasteiger partial charge in [0.15, 0.2) is 0 Å². The minimum Gasteiger partial charge on any atom is -0.352 e. The number of hydrogen-bond acceptors (Lipinski definition) is 3. The maximum atomic E-state index is 11.4. The van der Waals surface area contributed by atoms with Gasteiger partial charge in [-0.2, -0.15) is 0 Å². The van der Waals surface area contributed by atoms with Crippen LogP contribution in [0.1, 0.15) is 29.4 Å². The van der Waals surface area contributed by atoms with Crippen LogP contribution in [0.25, 0.3) is 0 Å². The standard InChI is InChI=1S/C10H11N2O2/c1-2-4-12-10(14)8-3-5-11-9(6-8)7-13/h3,5-6H,2,4H2,1H3,(H,12,14). The maximum absolute atomic E-state index is 11.4. The Bertz CT molecular complexity index is 337. The van der Waals surface area contributed by atoms with Crippen LogP contribution in [0.15, 0.2) is 18.3 Å². The van der Waals surface area contributed by atoms with Gasteiger partial charge in [-0.15, -0.1) is 0 Å². The molecule has 0 aliphatic carbocycles. The Morgan fingerprint density at radius 3 is 3.07 bits per heavy atom. The van der Waals surface area contributed by atoms with E-state index in [1.165, 1.54) is 12.3 Å². The number of rotatable bonds is 4. The van der Waals surface area contributed by atoms with Gasteiger partial charge in [0, 0.05) is 18.3 Å². The Morgan fingerprint density at radius 1 is 1.64 bits per heavy atom. The molecular weight excluding hydrogens is 180 g/mol. The van der Waals surface area contributed by atoms with E-state index in [-0.39, 0.29) is 11.6 Å². The molecule has 0 spiro atoms. The molecule has 1 aromatic rings. The number of carbonyl (C=O) groups is 1. The molecule has 0 bridgehead atoms. The third kappa shape index (κ3) is 2.65. The highest BCUT2D eigenvalue weighted by Crippen LogP contribution is 1.99. The predicted molar refractivity (Wildman–Crippen MR) is 51.7 cm³/mol. The molecule has 73 valence electrons. The zero-order valence-corrected chi connectivity index (χ0v) is 7.91. The summed E-state index contributed by atoms with van der Waals surface area (Å²) in [5, 5.41) is 2.70. The zero-order valence-electron chi connectivity index (χ0n) is 7.91. The highest BCUT2D eigenvalue weighted by atomic mass is 16.1. The zero-order chi connectivity index (χ0) is 10.4. The smallest absolute Gasteiger partial charge is 0.253 e. The van der Waals surface area contributed by atoms with Gasteiger partial charge in [-0.05, 0) is 18.6 Å². The number of amides is 1. The second-order valence-corrected chi connectivity index (χ2v) is 2.79. The molecule has 1 radical (unpaired) electrons. The predicted octanol–water partition coefficient (Wildman–Crippen LogP) is 0.679. The molecule has 0 aliphatic heterocycles. The van der Waals surface area contributed by atoms with Crippen LogP contribution in [-0.2, 0) is 4.79 Å². The van der Waals surface area contributed by atoms with Gasteiger partial charge in [0.25, 0.3) is 12.2 Å². The van der Waals surface area contributed by atoms with E-state index in [9.17, 15) is 9.59 Å². The number of nitrogens with zero attached hydrogens (tertiary/aromatic N) is 1. The first-order valence-electron chi connectivity index (χ1n) is 4.40. The van der Waals surface area contributed by atoms with Crippen LogP contribution in [0.3, 0.4) is 0 Å². The fourth-order valence-corrected chi connectivity index (χ4v) is 0.968. The molecule has 1 heterocycles. The quantitative estimate of drug-likeness (QED) is 0.761. The average Bonchev–Trinajstić information content (AvgIpc) is 2.26. The first kappa shape index (κ1) is 10.4. The molecule has 1 rings (SSSR count). The lowest BCUT2D eigenvalue weighted by molar-refractivity contribution is 0.0953. The second-order valence-electron chi connectivity index (χ2n) is 2.79. The van der Waals surface area contributed by atoms with Crippen LogP contribution in [0.5, 0.6) is 0 Å². The Balaban J connectivity index is 2.74. The molecule has 0 saturated carbocycles. The summed E-state index contributed by atoms with van der Waals surface area (Å²) < 4.78 is 0. The molecule has 14 heavy (non-hydrogen) atoms. The van der Waals surface area contributed by atoms with Crippen molar-refractivity contribution in [3.63, 3.8) is 0 Å². The molecule has 4 nitrogen and oxygen atoms in total. The van der Waals surface area contributed by atoms with E-state index in [0.29, 0.717) is 12.1 Å². The summed E-state index contributed by atoms with van der Waals surface area (Å²) in [5.74, 6) is -0.189. The number of hydrogen-bond donors (Lipinski definition) is 1. The van der Waals surface area contributed by atoms with Crippen molar-refractivity contribution in [2.75, 3.05) is 6.54 Å². The van der Waals surface area contributed by atoms with Crippen molar-refractivity contribution < 1.29 is 9.59 Å². The first-order valence-corrected chi connectivity index (χ1v) is 4.40. The molecule has 4 heteroatoms. The highest BCUT2D eigenvalue weighted by Gasteiger charge is 2.05. The van der Waals surface area contributed by atoms with E-state index in [2.05, 4.69) is 10.3 Å². The van der Waals surface area contributed by atoms with Crippen molar-refractivity contribution in [1.29, 1.82) is 0 Å². The lowest BCUT2D eigenvalue weighted by atomic mass is 10.2. The summed E-state index contributed by atoms with van der Waals surface area (Å²) in [6.45, 7) is 2.60. The van der Waals surface area contributed by atoms with Gasteiger partial charge < -0.3 is 5.32 Å². The van der Waals surface area contributed by atoms with Crippen LogP contribution >= 0.6 is 0 Å². The summed E-state index contributed by atoms with van der Waals surface area (Å²) in [7, 11) is 0. The molecular formula is C10H11N2O2. The number of aromatic nitrogens is 1. The first-order chi connectivity index (χ1) is 6.77. The molecule has 0 unspecified atom stereocenters. The Hall–Kier alpha value is -1.71. The Labute approximate surface area is 82.3 Å². The van der Waals surface area contributed by atoms with Crippen LogP contribution in [0.2, 0.25) is 0 Å². The SMILES string of the molecule is CCCNC(=O)c1ccnc([C]=O)c1. The van der Waals surface area contributed by atoms with Gasteiger partial charge in [-0.25, -0.2) is 0 Å². The van der Waals surface area contributed by atoms with Crippen molar-refractivity contribution in [3.05, 3.63) is 29.6 Å². The van der Waals surface area contributed by atoms with Gasteiger partial charge in [0.1, 0.15) is 5.69 Å². The monoisotopic (exact) mass is 191 g/mol. The number of carbonyl (C=O) groups excluding carboxylic acids is 2. The summed E-state index contributed by atoms with van der Waals surface area (Å²) in [6, 6.07) is 2.98. The van der Waals surface area contributed by atoms with E-state index in [1.807, 2.05) is 6.92 Å². The fraction of sp³-hybridized carbons (Fsp3) is 0.300. The van der Waals surface area contributed by atoms with Crippen LogP contribution < -0.4 is 5.32 Å². The third-order valence-electron chi connectivity index (χ3n) is 1.66. The topological polar surface area (TPSA) is 59.1 Å². The Morgan fingerprint density at radius 2 is 2.43 bits per heavy atom. The van der Waals surface area contributed by atoms with Crippen molar-refractivity contribution in [2.24, 2.45) is 0 Å². The van der Waals surface area contributed by atoms with E-state index in [1.54, 1.807) is 12.4 Å². The molecule has 0 atom stereocenters. The normalized spacial score (nSPS) is 9.50. The highest BCUT2D eigenvalue weighted by molar-refractivity contribution is 5.95. The van der Waals surface area contributed by atoms with Crippen molar-refractivity contribution in [2.45, 2.75) is 13.3 Å². The summed E-state index contributed by atoms with van der Waals surface area (Å²) in [4.78, 5) is 25.4. The molecule has 0 saturated heterocycles. The van der Waals surface area contributed by atoms with Gasteiger partial charge >= 0.3 is 0 Å². The third-order valence-corrected chi connectivity index (χ3v) is 1.66. The average molecular weight is 191 g/mol. The summed E-state index contributed by atoms with van der Waals surface area (Å²) in [5.41, 5.74) is 0.584. The summed E-state index contributed by atoms with van der Waals surface area (Å²) in [6.07, 6.45) is 3.93. The van der Waals surface area contributed by atoms with E-state index < -0.39 is 0 Å². The lowest BCUT2D eigenvalue weighted by Crippen LogP contribution is -2.24. The molecule has 1 N–H and O–H groups in total. The fourth-order valence-electron chi connectivity index (χ4n) is 0.968. The van der Waals surface area contributed by atoms with Gasteiger partial charge in [0.2, 0.25) is 0 Å². The molecule has 0 aromatic carbocycles. The minimum atomic E-state index is -0.189. The number of nitrogens with one attached hydrogen (secondary N) is 1. The van der Waals surface area contributed by atoms with E-state index in [4.69, 9.17) is 0 Å². The maximum Gasteiger partial charge on any atom is 0.253 e. The second kappa shape index (κ2) is 5.11. The van der Waals surface area contributed by atoms with Gasteiger partial charge in [-0.3, -0.25) is 14.6 Å². The molecule has 0 fully saturated rings. The van der Waals surface area contributed by atoms with Crippen molar-refractivity contribution in [3.8, 4) is 0 Å². The minimum absolute atomic E-state index is 0.147. The van der Waals surface area contributed by atoms with Crippen molar-refractivity contribution in [1.82, 2.24) is 10.3 Å². The van der Waals surface area contributed by atoms with Crippen LogP contribution in [0.4, 0.5) is 0 Å². The Kier molecular flexibility index (Phi) is 3.79. The molecule has 1 amide bonds. The van der Waals surface area contributed by atoms with E-state index >= 15 is 0 Å². The van der Waals surface area contributed by atoms with Crippen molar-refractivity contribution >= 4 is 12.2 Å². The lowest BCUT2D eigenvalue weighted by Gasteiger charge is -2.02. The van der Waals surface area contributed by atoms with Crippen LogP contribution in [0, 0.1) is 0 Å². The summed E-state index contributed by atoms with van der Waals surface area (Å²) >= 11 is 0. The van der Waals surface area contributed by atoms with Gasteiger partial charge in [0.05, 0.1) is 0 Å². The molecule has 1 aromatic heterocycles. The van der Waals surface area contributed by atoms with E-state index in [0.717, 1.165) is 6.42 Å².